The second-order valence-electron chi connectivity index (χ2n) is 1.02. The maximum Gasteiger partial charge on any atom is 0.238 e. The molecule has 0 saturated heterocycles. The van der Waals surface area contributed by atoms with Crippen molar-refractivity contribution >= 4 is 5.88 Å². The fourth-order valence-corrected chi connectivity index (χ4v) is 0.290. The van der Waals surface area contributed by atoms with Gasteiger partial charge in [-0.25, -0.2) is 5.84 Å². The van der Waals surface area contributed by atoms with E-state index in [0.29, 0.717) is 5.88 Å². The zero-order valence-corrected chi connectivity index (χ0v) is 3.59. The maximum atomic E-state index is 4.91. The molecule has 0 unspecified atom stereocenters. The first-order chi connectivity index (χ1) is 3.43. The van der Waals surface area contributed by atoms with Crippen LogP contribution < -0.4 is 11.3 Å². The molecule has 4 heteroatoms. The molecule has 0 aliphatic rings. The summed E-state index contributed by atoms with van der Waals surface area (Å²) in [7, 11) is 0. The zero-order valence-electron chi connectivity index (χ0n) is 3.59. The van der Waals surface area contributed by atoms with Crippen LogP contribution >= 0.6 is 0 Å². The van der Waals surface area contributed by atoms with Crippen LogP contribution in [-0.4, -0.2) is 5.16 Å². The zero-order chi connectivity index (χ0) is 5.11. The van der Waals surface area contributed by atoms with E-state index in [-0.39, 0.29) is 0 Å². The Balaban J connectivity index is 2.76. The highest BCUT2D eigenvalue weighted by molar-refractivity contribution is 5.24. The molecule has 3 N–H and O–H groups in total. The van der Waals surface area contributed by atoms with Crippen LogP contribution in [0, 0.1) is 0 Å². The van der Waals surface area contributed by atoms with E-state index in [9.17, 15) is 0 Å². The lowest BCUT2D eigenvalue weighted by atomic mass is 10.7. The fraction of sp³-hybridized carbons (Fsp3) is 0. The van der Waals surface area contributed by atoms with Crippen LogP contribution in [0.4, 0.5) is 5.88 Å². The lowest BCUT2D eigenvalue weighted by Crippen LogP contribution is -2.04. The smallest absolute Gasteiger partial charge is 0.238 e. The summed E-state index contributed by atoms with van der Waals surface area (Å²) >= 11 is 0. The van der Waals surface area contributed by atoms with Gasteiger partial charge in [0.1, 0.15) is 0 Å². The topological polar surface area (TPSA) is 64.1 Å². The van der Waals surface area contributed by atoms with Gasteiger partial charge in [-0.3, -0.25) is 5.43 Å². The van der Waals surface area contributed by atoms with Gasteiger partial charge in [-0.2, -0.15) is 0 Å². The fourth-order valence-electron chi connectivity index (χ4n) is 0.290. The minimum atomic E-state index is 0.472. The van der Waals surface area contributed by atoms with Crippen molar-refractivity contribution in [3.8, 4) is 0 Å². The first kappa shape index (κ1) is 4.14. The van der Waals surface area contributed by atoms with Gasteiger partial charge in [-0.15, -0.1) is 0 Å². The lowest BCUT2D eigenvalue weighted by Gasteiger charge is -1.83. The van der Waals surface area contributed by atoms with E-state index in [0.717, 1.165) is 0 Å². The van der Waals surface area contributed by atoms with Gasteiger partial charge in [-0.1, -0.05) is 5.16 Å². The largest absolute Gasteiger partial charge is 0.338 e. The van der Waals surface area contributed by atoms with Crippen LogP contribution in [-0.2, 0) is 0 Å². The van der Waals surface area contributed by atoms with Gasteiger partial charge in [0, 0.05) is 6.07 Å². The Morgan fingerprint density at radius 2 is 2.71 bits per heavy atom. The predicted molar refractivity (Wildman–Crippen MR) is 24.3 cm³/mol. The van der Waals surface area contributed by atoms with Crippen molar-refractivity contribution in [2.45, 2.75) is 0 Å². The highest BCUT2D eigenvalue weighted by atomic mass is 16.5. The standard InChI is InChI=1S/C3H5N3O/c4-6-3-1-2-5-7-3/h1-2,6H,4H2. The van der Waals surface area contributed by atoms with Crippen LogP contribution in [0.2, 0.25) is 0 Å². The molecule has 0 bridgehead atoms. The Morgan fingerprint density at radius 1 is 1.86 bits per heavy atom. The molecule has 1 rings (SSSR count). The van der Waals surface area contributed by atoms with Crippen molar-refractivity contribution in [3.63, 3.8) is 0 Å². The van der Waals surface area contributed by atoms with Crippen LogP contribution in [0.3, 0.4) is 0 Å². The van der Waals surface area contributed by atoms with E-state index < -0.39 is 0 Å². The number of nitrogens with one attached hydrogen (secondary N) is 1. The van der Waals surface area contributed by atoms with Gasteiger partial charge in [0.05, 0.1) is 6.20 Å². The van der Waals surface area contributed by atoms with Crippen LogP contribution in [0.5, 0.6) is 0 Å². The minimum Gasteiger partial charge on any atom is -0.338 e. The van der Waals surface area contributed by atoms with Crippen LogP contribution in [0.25, 0.3) is 0 Å². The number of nitrogens with two attached hydrogens (primary N) is 1. The van der Waals surface area contributed by atoms with Gasteiger partial charge in [0.2, 0.25) is 5.88 Å². The van der Waals surface area contributed by atoms with E-state index >= 15 is 0 Å². The van der Waals surface area contributed by atoms with Crippen molar-refractivity contribution in [1.82, 2.24) is 5.16 Å². The van der Waals surface area contributed by atoms with Crippen molar-refractivity contribution in [3.05, 3.63) is 12.3 Å². The highest BCUT2D eigenvalue weighted by Gasteiger charge is 1.85. The summed E-state index contributed by atoms with van der Waals surface area (Å²) in [5, 5.41) is 3.38. The van der Waals surface area contributed by atoms with Gasteiger partial charge < -0.3 is 4.52 Å². The van der Waals surface area contributed by atoms with Crippen LogP contribution in [0.15, 0.2) is 16.8 Å². The number of anilines is 1. The molecule has 0 atom stereocenters. The SMILES string of the molecule is NNc1ccno1. The third-order valence-electron chi connectivity index (χ3n) is 0.580. The summed E-state index contributed by atoms with van der Waals surface area (Å²) in [6.07, 6.45) is 1.51. The number of hydrogen-bond acceptors (Lipinski definition) is 4. The predicted octanol–water partition coefficient (Wildman–Crippen LogP) is -0.0398. The third kappa shape index (κ3) is 0.690. The molecule has 0 amide bonds. The number of hydrogen-bond donors (Lipinski definition) is 2. The van der Waals surface area contributed by atoms with Crippen LogP contribution in [0.1, 0.15) is 0 Å². The normalized spacial score (nSPS) is 8.71. The minimum absolute atomic E-state index is 0.472. The molecular weight excluding hydrogens is 94.1 g/mol. The molecule has 1 aromatic rings. The summed E-state index contributed by atoms with van der Waals surface area (Å²) < 4.78 is 4.50. The third-order valence-corrected chi connectivity index (χ3v) is 0.580. The summed E-state index contributed by atoms with van der Waals surface area (Å²) in [5.41, 5.74) is 2.28. The van der Waals surface area contributed by atoms with E-state index in [1.165, 1.54) is 6.20 Å². The highest BCUT2D eigenvalue weighted by Crippen LogP contribution is 1.98. The number of rotatable bonds is 1. The molecule has 0 spiro atoms. The Bertz CT molecular complexity index is 125. The van der Waals surface area contributed by atoms with Crippen molar-refractivity contribution in [1.29, 1.82) is 0 Å². The van der Waals surface area contributed by atoms with E-state index in [1.54, 1.807) is 6.07 Å². The first-order valence-corrected chi connectivity index (χ1v) is 1.81. The lowest BCUT2D eigenvalue weighted by molar-refractivity contribution is 0.432. The number of hydrazine groups is 1. The maximum absolute atomic E-state index is 4.91. The van der Waals surface area contributed by atoms with Gasteiger partial charge in [-0.05, 0) is 0 Å². The molecule has 0 aliphatic heterocycles. The molecule has 0 aliphatic carbocycles. The summed E-state index contributed by atoms with van der Waals surface area (Å²) in [4.78, 5) is 0. The summed E-state index contributed by atoms with van der Waals surface area (Å²) in [6.45, 7) is 0. The number of aromatic nitrogens is 1. The summed E-state index contributed by atoms with van der Waals surface area (Å²) in [5.74, 6) is 5.38. The molecule has 7 heavy (non-hydrogen) atoms. The second kappa shape index (κ2) is 1.61. The van der Waals surface area contributed by atoms with Gasteiger partial charge in [0.15, 0.2) is 0 Å². The Labute approximate surface area is 40.3 Å². The van der Waals surface area contributed by atoms with E-state index in [1.807, 2.05) is 0 Å². The molecule has 4 nitrogen and oxygen atoms in total. The van der Waals surface area contributed by atoms with Gasteiger partial charge in [0.25, 0.3) is 0 Å². The Kier molecular flexibility index (Phi) is 0.953. The average molecular weight is 99.1 g/mol. The molecule has 38 valence electrons. The monoisotopic (exact) mass is 99.0 g/mol. The van der Waals surface area contributed by atoms with E-state index in [2.05, 4.69) is 15.1 Å². The van der Waals surface area contributed by atoms with Gasteiger partial charge >= 0.3 is 0 Å². The van der Waals surface area contributed by atoms with Crippen molar-refractivity contribution in [2.24, 2.45) is 5.84 Å². The molecule has 1 aromatic heterocycles. The molecule has 0 fully saturated rings. The number of nitrogens with zero attached hydrogens (tertiary/aromatic N) is 1. The Hall–Kier alpha value is -1.03. The average Bonchev–Trinajstić information content (AvgIpc) is 2.14. The molecular formula is C3H5N3O. The molecule has 0 aromatic carbocycles. The second-order valence-corrected chi connectivity index (χ2v) is 1.02. The molecule has 0 radical (unpaired) electrons. The van der Waals surface area contributed by atoms with Crippen molar-refractivity contribution < 1.29 is 4.52 Å². The number of nitrogen functional groups attached to an aromatic ring is 1. The van der Waals surface area contributed by atoms with Crippen molar-refractivity contribution in [2.75, 3.05) is 5.43 Å². The summed E-state index contributed by atoms with van der Waals surface area (Å²) in [6, 6.07) is 1.62. The van der Waals surface area contributed by atoms with E-state index in [4.69, 9.17) is 5.84 Å². The Morgan fingerprint density at radius 3 is 3.00 bits per heavy atom. The molecule has 1 heterocycles. The molecule has 0 saturated carbocycles. The quantitative estimate of drug-likeness (QED) is 0.383. The first-order valence-electron chi connectivity index (χ1n) is 1.81.